The van der Waals surface area contributed by atoms with E-state index in [1.165, 1.54) is 21.3 Å². The molecule has 0 saturated heterocycles. The molecule has 6 nitrogen and oxygen atoms in total. The zero-order valence-corrected chi connectivity index (χ0v) is 7.83. The normalized spacial score (nSPS) is 11.6. The highest BCUT2D eigenvalue weighted by molar-refractivity contribution is 5.81. The van der Waals surface area contributed by atoms with Crippen molar-refractivity contribution in [2.45, 2.75) is 6.04 Å². The Morgan fingerprint density at radius 2 is 1.85 bits per heavy atom. The third-order valence-corrected chi connectivity index (χ3v) is 1.30. The van der Waals surface area contributed by atoms with Gasteiger partial charge in [-0.05, 0) is 0 Å². The molecule has 0 unspecified atom stereocenters. The second-order valence-electron chi connectivity index (χ2n) is 2.17. The van der Waals surface area contributed by atoms with Crippen LogP contribution in [0.3, 0.4) is 0 Å². The number of esters is 1. The lowest BCUT2D eigenvalue weighted by atomic mass is 10.3. The molecule has 0 aromatic heterocycles. The molecule has 0 heterocycles. The maximum Gasteiger partial charge on any atom is 0.407 e. The number of nitrogens with one attached hydrogen (secondary N) is 1. The van der Waals surface area contributed by atoms with E-state index in [9.17, 15) is 9.59 Å². The van der Waals surface area contributed by atoms with E-state index < -0.39 is 18.1 Å². The predicted molar refractivity (Wildman–Crippen MR) is 43.2 cm³/mol. The summed E-state index contributed by atoms with van der Waals surface area (Å²) in [7, 11) is 3.84. The number of methoxy groups -OCH3 is 3. The van der Waals surface area contributed by atoms with Gasteiger partial charge in [0.25, 0.3) is 0 Å². The number of rotatable bonds is 4. The van der Waals surface area contributed by atoms with Crippen molar-refractivity contribution in [2.75, 3.05) is 27.9 Å². The molecule has 0 rings (SSSR count). The Hall–Kier alpha value is -1.30. The molecule has 0 radical (unpaired) electrons. The van der Waals surface area contributed by atoms with Gasteiger partial charge in [-0.3, -0.25) is 0 Å². The minimum atomic E-state index is -0.831. The fourth-order valence-electron chi connectivity index (χ4n) is 0.679. The zero-order valence-electron chi connectivity index (χ0n) is 7.83. The Morgan fingerprint density at radius 3 is 2.23 bits per heavy atom. The highest BCUT2D eigenvalue weighted by atomic mass is 16.5. The van der Waals surface area contributed by atoms with E-state index in [1.807, 2.05) is 0 Å². The van der Waals surface area contributed by atoms with Crippen LogP contribution < -0.4 is 5.32 Å². The zero-order chi connectivity index (χ0) is 10.3. The van der Waals surface area contributed by atoms with Crippen molar-refractivity contribution in [3.8, 4) is 0 Å². The van der Waals surface area contributed by atoms with Crippen LogP contribution >= 0.6 is 0 Å². The van der Waals surface area contributed by atoms with Crippen LogP contribution in [-0.2, 0) is 19.0 Å². The summed E-state index contributed by atoms with van der Waals surface area (Å²) >= 11 is 0. The van der Waals surface area contributed by atoms with E-state index in [0.717, 1.165) is 0 Å². The van der Waals surface area contributed by atoms with E-state index in [0.29, 0.717) is 0 Å². The maximum atomic E-state index is 11.0. The average molecular weight is 191 g/mol. The first kappa shape index (κ1) is 11.7. The molecule has 0 aliphatic rings. The van der Waals surface area contributed by atoms with Gasteiger partial charge in [-0.15, -0.1) is 0 Å². The van der Waals surface area contributed by atoms with Crippen molar-refractivity contribution in [2.24, 2.45) is 0 Å². The molecule has 0 aliphatic carbocycles. The van der Waals surface area contributed by atoms with Crippen LogP contribution in [-0.4, -0.2) is 46.0 Å². The summed E-state index contributed by atoms with van der Waals surface area (Å²) in [6, 6.07) is -0.831. The lowest BCUT2D eigenvalue weighted by Gasteiger charge is -2.13. The Morgan fingerprint density at radius 1 is 1.23 bits per heavy atom. The van der Waals surface area contributed by atoms with Crippen molar-refractivity contribution in [1.29, 1.82) is 0 Å². The molecule has 0 fully saturated rings. The first-order chi connectivity index (χ1) is 6.15. The first-order valence-electron chi connectivity index (χ1n) is 3.57. The molecular weight excluding hydrogens is 178 g/mol. The van der Waals surface area contributed by atoms with Gasteiger partial charge in [-0.25, -0.2) is 9.59 Å². The third kappa shape index (κ3) is 4.32. The largest absolute Gasteiger partial charge is 0.467 e. The summed E-state index contributed by atoms with van der Waals surface area (Å²) in [6.07, 6.45) is -0.701. The molecule has 0 saturated carbocycles. The molecular formula is C7H13NO5. The summed E-state index contributed by atoms with van der Waals surface area (Å²) in [5, 5.41) is 2.26. The summed E-state index contributed by atoms with van der Waals surface area (Å²) < 4.78 is 13.4. The van der Waals surface area contributed by atoms with Crippen LogP contribution in [0.5, 0.6) is 0 Å². The predicted octanol–water partition coefficient (Wildman–Crippen LogP) is -0.470. The highest BCUT2D eigenvalue weighted by Crippen LogP contribution is 1.90. The standard InChI is InChI=1S/C7H13NO5/c1-11-4-5(6(9)12-2)8-7(10)13-3/h5H,4H2,1-3H3,(H,8,10)/t5-/m0/s1. The van der Waals surface area contributed by atoms with Crippen molar-refractivity contribution in [1.82, 2.24) is 5.32 Å². The fourth-order valence-corrected chi connectivity index (χ4v) is 0.679. The lowest BCUT2D eigenvalue weighted by molar-refractivity contribution is -0.144. The van der Waals surface area contributed by atoms with Gasteiger partial charge in [0.1, 0.15) is 0 Å². The number of carbonyl (C=O) groups is 2. The molecule has 0 spiro atoms. The van der Waals surface area contributed by atoms with Gasteiger partial charge >= 0.3 is 12.1 Å². The smallest absolute Gasteiger partial charge is 0.407 e. The Bertz CT molecular complexity index is 182. The van der Waals surface area contributed by atoms with E-state index in [2.05, 4.69) is 14.8 Å². The summed E-state index contributed by atoms with van der Waals surface area (Å²) in [6.45, 7) is 0.0434. The fraction of sp³-hybridized carbons (Fsp3) is 0.714. The molecule has 0 aromatic carbocycles. The van der Waals surface area contributed by atoms with E-state index in [-0.39, 0.29) is 6.61 Å². The van der Waals surface area contributed by atoms with Crippen molar-refractivity contribution in [3.05, 3.63) is 0 Å². The molecule has 0 bridgehead atoms. The van der Waals surface area contributed by atoms with Gasteiger partial charge in [0, 0.05) is 7.11 Å². The topological polar surface area (TPSA) is 73.9 Å². The minimum Gasteiger partial charge on any atom is -0.467 e. The van der Waals surface area contributed by atoms with Crippen LogP contribution in [0.2, 0.25) is 0 Å². The van der Waals surface area contributed by atoms with Gasteiger partial charge in [0.2, 0.25) is 0 Å². The van der Waals surface area contributed by atoms with Crippen molar-refractivity contribution in [3.63, 3.8) is 0 Å². The number of hydrogen-bond donors (Lipinski definition) is 1. The summed E-state index contributed by atoms with van der Waals surface area (Å²) in [5.41, 5.74) is 0. The van der Waals surface area contributed by atoms with Crippen LogP contribution in [0.25, 0.3) is 0 Å². The molecule has 1 N–H and O–H groups in total. The lowest BCUT2D eigenvalue weighted by Crippen LogP contribution is -2.44. The molecule has 1 amide bonds. The maximum absolute atomic E-state index is 11.0. The van der Waals surface area contributed by atoms with Gasteiger partial charge in [0.15, 0.2) is 6.04 Å². The molecule has 0 aromatic rings. The summed E-state index contributed by atoms with van der Waals surface area (Å²) in [5.74, 6) is -0.577. The number of hydrogen-bond acceptors (Lipinski definition) is 5. The van der Waals surface area contributed by atoms with E-state index >= 15 is 0 Å². The summed E-state index contributed by atoms with van der Waals surface area (Å²) in [4.78, 5) is 21.7. The monoisotopic (exact) mass is 191 g/mol. The second-order valence-corrected chi connectivity index (χ2v) is 2.17. The molecule has 13 heavy (non-hydrogen) atoms. The second kappa shape index (κ2) is 6.24. The molecule has 0 aliphatic heterocycles. The highest BCUT2D eigenvalue weighted by Gasteiger charge is 2.21. The Kier molecular flexibility index (Phi) is 5.62. The number of amides is 1. The van der Waals surface area contributed by atoms with Gasteiger partial charge in [0.05, 0.1) is 20.8 Å². The SMILES string of the molecule is COC[C@H](NC(=O)OC)C(=O)OC. The number of carbonyl (C=O) groups excluding carboxylic acids is 2. The van der Waals surface area contributed by atoms with Crippen molar-refractivity contribution >= 4 is 12.1 Å². The first-order valence-corrected chi connectivity index (χ1v) is 3.57. The minimum absolute atomic E-state index is 0.0434. The van der Waals surface area contributed by atoms with Crippen LogP contribution in [0.4, 0.5) is 4.79 Å². The third-order valence-electron chi connectivity index (χ3n) is 1.30. The number of alkyl carbamates (subject to hydrolysis) is 1. The Balaban J connectivity index is 4.08. The van der Waals surface area contributed by atoms with Crippen molar-refractivity contribution < 1.29 is 23.8 Å². The molecule has 1 atom stereocenters. The van der Waals surface area contributed by atoms with E-state index in [4.69, 9.17) is 4.74 Å². The average Bonchev–Trinajstić information content (AvgIpc) is 2.15. The quantitative estimate of drug-likeness (QED) is 0.608. The Labute approximate surface area is 76.1 Å². The van der Waals surface area contributed by atoms with Crippen LogP contribution in [0.1, 0.15) is 0 Å². The van der Waals surface area contributed by atoms with Gasteiger partial charge in [-0.1, -0.05) is 0 Å². The van der Waals surface area contributed by atoms with Crippen LogP contribution in [0.15, 0.2) is 0 Å². The van der Waals surface area contributed by atoms with Gasteiger partial charge in [-0.2, -0.15) is 0 Å². The molecule has 6 heteroatoms. The number of ether oxygens (including phenoxy) is 3. The molecule has 76 valence electrons. The van der Waals surface area contributed by atoms with E-state index in [1.54, 1.807) is 0 Å². The van der Waals surface area contributed by atoms with Gasteiger partial charge < -0.3 is 19.5 Å². The van der Waals surface area contributed by atoms with Crippen LogP contribution in [0, 0.1) is 0 Å².